The van der Waals surface area contributed by atoms with E-state index in [0.29, 0.717) is 0 Å². The number of halogens is 6. The molecule has 0 saturated carbocycles. The quantitative estimate of drug-likeness (QED) is 0.0942. The van der Waals surface area contributed by atoms with Crippen molar-refractivity contribution in [1.82, 2.24) is 0 Å². The van der Waals surface area contributed by atoms with E-state index in [1.807, 2.05) is 11.3 Å². The Balaban J connectivity index is 0.000000288. The fourth-order valence-electron chi connectivity index (χ4n) is 4.48. The van der Waals surface area contributed by atoms with Crippen molar-refractivity contribution in [3.8, 4) is 0 Å². The first-order chi connectivity index (χ1) is 24.6. The Morgan fingerprint density at radius 3 is 1.79 bits per heavy atom. The molecule has 2 atom stereocenters. The highest BCUT2D eigenvalue weighted by molar-refractivity contribution is 8.18. The molecule has 0 saturated heterocycles. The third-order valence-electron chi connectivity index (χ3n) is 6.97. The third kappa shape index (κ3) is 11.4. The molecule has 2 unspecified atom stereocenters. The minimum Gasteiger partial charge on any atom is -0.470 e. The number of hydrogen-bond acceptors (Lipinski definition) is 9. The van der Waals surface area contributed by atoms with Crippen LogP contribution >= 0.6 is 23.1 Å². The molecule has 0 spiro atoms. The normalized spacial score (nSPS) is 15.8. The highest BCUT2D eigenvalue weighted by Crippen LogP contribution is 2.45. The minimum absolute atomic E-state index is 0.113. The Morgan fingerprint density at radius 1 is 0.792 bits per heavy atom. The van der Waals surface area contributed by atoms with E-state index in [2.05, 4.69) is 95.3 Å². The number of nitrogens with zero attached hydrogens (tertiary/aromatic N) is 5. The zero-order valence-corrected chi connectivity index (χ0v) is 33.7. The van der Waals surface area contributed by atoms with Gasteiger partial charge in [-0.25, -0.2) is 0 Å². The highest BCUT2D eigenvalue weighted by atomic mass is 32.3. The van der Waals surface area contributed by atoms with Crippen LogP contribution in [0.4, 0.5) is 32.0 Å². The van der Waals surface area contributed by atoms with Crippen molar-refractivity contribution < 1.29 is 56.2 Å². The maximum atomic E-state index is 12.6. The minimum atomic E-state index is -6.43. The lowest BCUT2D eigenvalue weighted by Gasteiger charge is -2.28. The van der Waals surface area contributed by atoms with Crippen molar-refractivity contribution in [1.29, 1.82) is 0 Å². The fraction of sp³-hybridized carbons (Fsp3) is 0.467. The third-order valence-corrected chi connectivity index (χ3v) is 17.3. The SMILES string of the molecule is CCCCS(=O)(=NS(=O)(=O)C(F)(F)F)[N-]S(=O)(CCCC)=NS(=O)(=O)C(F)(F)F.CCN1C(=C=Cc2sc3ccccc3[n+]2CC)Sc2ccccc21. The predicted octanol–water partition coefficient (Wildman–Crippen LogP) is 8.72. The van der Waals surface area contributed by atoms with Crippen LogP contribution in [-0.2, 0) is 46.4 Å². The molecular formula is C30H37F6N5O6S6. The van der Waals surface area contributed by atoms with Gasteiger partial charge in [-0.15, -0.1) is 7.54 Å². The Labute approximate surface area is 314 Å². The summed E-state index contributed by atoms with van der Waals surface area (Å²) in [6.07, 6.45) is 1.83. The number of anilines is 1. The number of hydrogen-bond donors (Lipinski definition) is 0. The molecule has 53 heavy (non-hydrogen) atoms. The van der Waals surface area contributed by atoms with Crippen molar-refractivity contribution in [2.75, 3.05) is 23.0 Å². The number of alkyl halides is 6. The van der Waals surface area contributed by atoms with Crippen LogP contribution in [0, 0.1) is 0 Å². The maximum Gasteiger partial charge on any atom is 0.519 e. The van der Waals surface area contributed by atoms with Gasteiger partial charge in [0, 0.05) is 29.0 Å². The average Bonchev–Trinajstić information content (AvgIpc) is 3.61. The van der Waals surface area contributed by atoms with E-state index in [-0.39, 0.29) is 25.7 Å². The van der Waals surface area contributed by atoms with Crippen molar-refractivity contribution >= 4 is 85.0 Å². The smallest absolute Gasteiger partial charge is 0.470 e. The van der Waals surface area contributed by atoms with E-state index >= 15 is 0 Å². The number of rotatable bonds is 13. The van der Waals surface area contributed by atoms with E-state index in [4.69, 9.17) is 0 Å². The lowest BCUT2D eigenvalue weighted by molar-refractivity contribution is -0.665. The van der Waals surface area contributed by atoms with Crippen LogP contribution in [0.25, 0.3) is 20.4 Å². The van der Waals surface area contributed by atoms with Gasteiger partial charge in [-0.3, -0.25) is 8.42 Å². The summed E-state index contributed by atoms with van der Waals surface area (Å²) in [6, 6.07) is 17.2. The van der Waals surface area contributed by atoms with E-state index in [1.54, 1.807) is 11.8 Å². The number of benzene rings is 2. The van der Waals surface area contributed by atoms with Gasteiger partial charge in [0.15, 0.2) is 0 Å². The molecule has 1 aromatic heterocycles. The monoisotopic (exact) mass is 869 g/mol. The lowest BCUT2D eigenvalue weighted by Crippen LogP contribution is -2.33. The number of sulfonamides is 2. The van der Waals surface area contributed by atoms with Gasteiger partial charge in [-0.05, 0) is 64.7 Å². The summed E-state index contributed by atoms with van der Waals surface area (Å²) in [5, 5.41) is 2.43. The molecule has 4 rings (SSSR count). The van der Waals surface area contributed by atoms with Gasteiger partial charge >= 0.3 is 31.1 Å². The molecule has 0 bridgehead atoms. The van der Waals surface area contributed by atoms with Gasteiger partial charge in [0.25, 0.3) is 5.01 Å². The summed E-state index contributed by atoms with van der Waals surface area (Å²) in [6.45, 7) is 9.19. The predicted molar refractivity (Wildman–Crippen MR) is 199 cm³/mol. The molecule has 2 aromatic carbocycles. The second kappa shape index (κ2) is 17.9. The standard InChI is InChI=1S/C20H19N2S2.C10H18F6N3O6S4/c1-3-21-15-9-5-7-11-17(15)23-19(21)13-14-20-22(4-2)16-10-6-8-12-18(16)24-20;1-3-5-7-26(20,18-28(22,23)9(11,12)13)17-27(21,8-6-4-2)19-29(24,25)10(14,15)16/h5-13H,3-4H2,1-2H3;3-8H2,1-2H3/q+1;-1. The number of fused-ring (bicyclic) bond motifs is 2. The van der Waals surface area contributed by atoms with Gasteiger partial charge in [0.05, 0.1) is 11.8 Å². The Morgan fingerprint density at radius 2 is 1.30 bits per heavy atom. The first-order valence-corrected chi connectivity index (χ1v) is 23.7. The zero-order chi connectivity index (χ0) is 39.9. The van der Waals surface area contributed by atoms with Gasteiger partial charge in [0.1, 0.15) is 16.3 Å². The van der Waals surface area contributed by atoms with Crippen LogP contribution in [0.5, 0.6) is 0 Å². The topological polar surface area (TPSA) is 148 Å². The van der Waals surface area contributed by atoms with Crippen LogP contribution in [0.15, 0.2) is 71.7 Å². The van der Waals surface area contributed by atoms with Crippen LogP contribution in [0.3, 0.4) is 0 Å². The summed E-state index contributed by atoms with van der Waals surface area (Å²) < 4.78 is 156. The van der Waals surface area contributed by atoms with Gasteiger partial charge in [0.2, 0.25) is 5.52 Å². The molecule has 0 radical (unpaired) electrons. The number of thiazole rings is 1. The Bertz CT molecular complexity index is 2240. The van der Waals surface area contributed by atoms with E-state index in [0.717, 1.165) is 13.1 Å². The largest absolute Gasteiger partial charge is 0.519 e. The second-order valence-corrected chi connectivity index (χ2v) is 20.9. The lowest BCUT2D eigenvalue weighted by atomic mass is 10.3. The Kier molecular flexibility index (Phi) is 15.1. The van der Waals surface area contributed by atoms with E-state index in [9.17, 15) is 51.6 Å². The van der Waals surface area contributed by atoms with Gasteiger partial charge in [-0.2, -0.15) is 47.7 Å². The molecule has 2 heterocycles. The summed E-state index contributed by atoms with van der Waals surface area (Å²) in [5.41, 5.74) is -5.89. The van der Waals surface area contributed by atoms with Gasteiger partial charge < -0.3 is 9.03 Å². The molecule has 0 N–H and O–H groups in total. The van der Waals surface area contributed by atoms with E-state index < -0.39 is 62.4 Å². The summed E-state index contributed by atoms with van der Waals surface area (Å²) >= 11 is 3.63. The molecule has 0 aliphatic carbocycles. The van der Waals surface area contributed by atoms with Crippen LogP contribution < -0.4 is 9.47 Å². The molecule has 1 aliphatic heterocycles. The number of aryl methyl sites for hydroxylation is 1. The average molecular weight is 870 g/mol. The zero-order valence-electron chi connectivity index (χ0n) is 28.8. The van der Waals surface area contributed by atoms with Crippen LogP contribution in [0.2, 0.25) is 0 Å². The second-order valence-electron chi connectivity index (χ2n) is 11.0. The molecule has 3 aromatic rings. The molecule has 1 aliphatic rings. The van der Waals surface area contributed by atoms with Crippen LogP contribution in [-0.4, -0.2) is 54.3 Å². The molecule has 0 fully saturated rings. The Hall–Kier alpha value is -2.66. The number of thioether (sulfide) groups is 1. The first-order valence-electron chi connectivity index (χ1n) is 15.9. The van der Waals surface area contributed by atoms with Crippen molar-refractivity contribution in [3.63, 3.8) is 0 Å². The molecule has 11 nitrogen and oxygen atoms in total. The van der Waals surface area contributed by atoms with Gasteiger partial charge in [-0.1, -0.05) is 79.8 Å². The fourth-order valence-corrected chi connectivity index (χ4v) is 14.5. The molecule has 0 amide bonds. The number of aromatic nitrogens is 1. The molecule has 296 valence electrons. The summed E-state index contributed by atoms with van der Waals surface area (Å²) in [7, 11) is -22.8. The van der Waals surface area contributed by atoms with Crippen molar-refractivity contribution in [2.45, 2.75) is 75.8 Å². The summed E-state index contributed by atoms with van der Waals surface area (Å²) in [5.74, 6) is -2.05. The summed E-state index contributed by atoms with van der Waals surface area (Å²) in [4.78, 5) is 3.65. The molecular weight excluding hydrogens is 833 g/mol. The highest BCUT2D eigenvalue weighted by Gasteiger charge is 2.48. The maximum absolute atomic E-state index is 12.6. The number of unbranched alkanes of at least 4 members (excludes halogenated alkanes) is 2. The van der Waals surface area contributed by atoms with Crippen molar-refractivity contribution in [3.05, 3.63) is 68.4 Å². The number of para-hydroxylation sites is 2. The molecule has 23 heteroatoms. The van der Waals surface area contributed by atoms with E-state index in [1.165, 1.54) is 44.7 Å². The van der Waals surface area contributed by atoms with Crippen LogP contribution in [0.1, 0.15) is 58.4 Å². The van der Waals surface area contributed by atoms with Crippen molar-refractivity contribution in [2.24, 2.45) is 7.54 Å². The first kappa shape index (κ1) is 44.7.